The van der Waals surface area contributed by atoms with Gasteiger partial charge in [0.2, 0.25) is 10.0 Å². The highest BCUT2D eigenvalue weighted by Gasteiger charge is 2.30. The van der Waals surface area contributed by atoms with Gasteiger partial charge in [-0.3, -0.25) is 4.79 Å². The summed E-state index contributed by atoms with van der Waals surface area (Å²) in [6, 6.07) is 6.29. The Labute approximate surface area is 167 Å². The third kappa shape index (κ3) is 4.78. The number of pyridine rings is 1. The van der Waals surface area contributed by atoms with Crippen LogP contribution in [-0.4, -0.2) is 44.8 Å². The Morgan fingerprint density at radius 1 is 1.36 bits per heavy atom. The fourth-order valence-electron chi connectivity index (χ4n) is 2.99. The first-order chi connectivity index (χ1) is 13.3. The van der Waals surface area contributed by atoms with Crippen LogP contribution in [0.4, 0.5) is 15.9 Å². The number of amides is 1. The number of rotatable bonds is 5. The van der Waals surface area contributed by atoms with Gasteiger partial charge in [-0.1, -0.05) is 11.6 Å². The number of benzene rings is 1. The molecule has 1 atom stereocenters. The zero-order valence-electron chi connectivity index (χ0n) is 15.1. The highest BCUT2D eigenvalue weighted by Crippen LogP contribution is 2.25. The number of hydrogen-bond donors (Lipinski definition) is 1. The van der Waals surface area contributed by atoms with Crippen LogP contribution >= 0.6 is 11.6 Å². The summed E-state index contributed by atoms with van der Waals surface area (Å²) >= 11 is 5.72. The van der Waals surface area contributed by atoms with Gasteiger partial charge in [0.05, 0.1) is 23.9 Å². The first-order valence-electron chi connectivity index (χ1n) is 8.55. The van der Waals surface area contributed by atoms with Crippen molar-refractivity contribution in [3.8, 4) is 0 Å². The van der Waals surface area contributed by atoms with Gasteiger partial charge in [-0.15, -0.1) is 0 Å². The average molecular weight is 428 g/mol. The molecule has 10 heteroatoms. The zero-order chi connectivity index (χ0) is 20.3. The van der Waals surface area contributed by atoms with Crippen molar-refractivity contribution >= 4 is 39.0 Å². The molecule has 1 unspecified atom stereocenters. The highest BCUT2D eigenvalue weighted by atomic mass is 35.5. The SMILES string of the molecule is CS(=O)(=O)N(c1cc(C(=O)Nc2ccc(F)c(Cl)c2)ccn1)C1CCCOC1. The molecule has 1 aromatic heterocycles. The van der Waals surface area contributed by atoms with E-state index in [9.17, 15) is 17.6 Å². The summed E-state index contributed by atoms with van der Waals surface area (Å²) in [5, 5.41) is 2.48. The topological polar surface area (TPSA) is 88.6 Å². The lowest BCUT2D eigenvalue weighted by molar-refractivity contribution is 0.0833. The molecule has 2 aromatic rings. The standard InChI is InChI=1S/C18H19ClFN3O4S/c1-28(25,26)23(14-3-2-8-27-11-14)17-9-12(6-7-21-17)18(24)22-13-4-5-16(20)15(19)10-13/h4-7,9-10,14H,2-3,8,11H2,1H3,(H,22,24). The van der Waals surface area contributed by atoms with E-state index in [4.69, 9.17) is 16.3 Å². The summed E-state index contributed by atoms with van der Waals surface area (Å²) in [4.78, 5) is 16.7. The lowest BCUT2D eigenvalue weighted by atomic mass is 10.1. The van der Waals surface area contributed by atoms with E-state index < -0.39 is 21.7 Å². The molecule has 28 heavy (non-hydrogen) atoms. The van der Waals surface area contributed by atoms with Crippen LogP contribution in [0.1, 0.15) is 23.2 Å². The fourth-order valence-corrected chi connectivity index (χ4v) is 4.32. The predicted octanol–water partition coefficient (Wildman–Crippen LogP) is 3.07. The normalized spacial score (nSPS) is 17.2. The van der Waals surface area contributed by atoms with Crippen molar-refractivity contribution in [2.45, 2.75) is 18.9 Å². The van der Waals surface area contributed by atoms with E-state index in [2.05, 4.69) is 10.3 Å². The van der Waals surface area contributed by atoms with Gasteiger partial charge in [-0.25, -0.2) is 22.1 Å². The van der Waals surface area contributed by atoms with Crippen LogP contribution in [0.15, 0.2) is 36.5 Å². The minimum absolute atomic E-state index is 0.117. The van der Waals surface area contributed by atoms with Crippen molar-refractivity contribution in [1.29, 1.82) is 0 Å². The Morgan fingerprint density at radius 2 is 2.14 bits per heavy atom. The molecule has 150 valence electrons. The monoisotopic (exact) mass is 427 g/mol. The highest BCUT2D eigenvalue weighted by molar-refractivity contribution is 7.92. The van der Waals surface area contributed by atoms with Crippen LogP contribution in [-0.2, 0) is 14.8 Å². The molecular formula is C18H19ClFN3O4S. The quantitative estimate of drug-likeness (QED) is 0.792. The zero-order valence-corrected chi connectivity index (χ0v) is 16.6. The molecule has 1 N–H and O–H groups in total. The second-order valence-electron chi connectivity index (χ2n) is 6.42. The molecule has 0 saturated carbocycles. The molecule has 1 fully saturated rings. The molecule has 1 amide bonds. The maximum atomic E-state index is 13.3. The molecule has 7 nitrogen and oxygen atoms in total. The smallest absolute Gasteiger partial charge is 0.255 e. The second-order valence-corrected chi connectivity index (χ2v) is 8.68. The molecule has 0 radical (unpaired) electrons. The molecule has 1 saturated heterocycles. The van der Waals surface area contributed by atoms with Gasteiger partial charge in [0.1, 0.15) is 11.6 Å². The molecular weight excluding hydrogens is 409 g/mol. The minimum atomic E-state index is -3.63. The Bertz CT molecular complexity index is 981. The van der Waals surface area contributed by atoms with Gasteiger partial charge < -0.3 is 10.1 Å². The van der Waals surface area contributed by atoms with E-state index in [0.29, 0.717) is 18.7 Å². The lowest BCUT2D eigenvalue weighted by Gasteiger charge is -2.33. The van der Waals surface area contributed by atoms with Crippen LogP contribution in [0.3, 0.4) is 0 Å². The number of carbonyl (C=O) groups is 1. The second kappa shape index (κ2) is 8.42. The third-order valence-electron chi connectivity index (χ3n) is 4.24. The molecule has 1 aliphatic heterocycles. The van der Waals surface area contributed by atoms with Crippen LogP contribution < -0.4 is 9.62 Å². The van der Waals surface area contributed by atoms with Gasteiger partial charge >= 0.3 is 0 Å². The minimum Gasteiger partial charge on any atom is -0.379 e. The number of ether oxygens (including phenoxy) is 1. The average Bonchev–Trinajstić information content (AvgIpc) is 2.65. The van der Waals surface area contributed by atoms with Gasteiger partial charge in [-0.05, 0) is 43.2 Å². The van der Waals surface area contributed by atoms with E-state index in [0.717, 1.165) is 18.7 Å². The molecule has 0 bridgehead atoms. The summed E-state index contributed by atoms with van der Waals surface area (Å²) in [7, 11) is -3.63. The van der Waals surface area contributed by atoms with Crippen molar-refractivity contribution in [3.05, 3.63) is 52.9 Å². The lowest BCUT2D eigenvalue weighted by Crippen LogP contribution is -2.45. The van der Waals surface area contributed by atoms with Crippen LogP contribution in [0, 0.1) is 5.82 Å². The number of sulfonamides is 1. The molecule has 3 rings (SSSR count). The number of hydrogen-bond acceptors (Lipinski definition) is 5. The van der Waals surface area contributed by atoms with Crippen LogP contribution in [0.5, 0.6) is 0 Å². The number of nitrogens with one attached hydrogen (secondary N) is 1. The van der Waals surface area contributed by atoms with Crippen molar-refractivity contribution < 1.29 is 22.3 Å². The number of anilines is 2. The number of nitrogens with zero attached hydrogens (tertiary/aromatic N) is 2. The fraction of sp³-hybridized carbons (Fsp3) is 0.333. The first-order valence-corrected chi connectivity index (χ1v) is 10.8. The Kier molecular flexibility index (Phi) is 6.17. The van der Waals surface area contributed by atoms with Crippen LogP contribution in [0.2, 0.25) is 5.02 Å². The van der Waals surface area contributed by atoms with Gasteiger partial charge in [-0.2, -0.15) is 0 Å². The molecule has 1 aromatic carbocycles. The van der Waals surface area contributed by atoms with Crippen molar-refractivity contribution in [2.75, 3.05) is 29.1 Å². The van der Waals surface area contributed by atoms with Crippen molar-refractivity contribution in [2.24, 2.45) is 0 Å². The van der Waals surface area contributed by atoms with E-state index in [-0.39, 0.29) is 29.1 Å². The van der Waals surface area contributed by atoms with Crippen molar-refractivity contribution in [3.63, 3.8) is 0 Å². The number of aromatic nitrogens is 1. The number of halogens is 2. The van der Waals surface area contributed by atoms with Gasteiger partial charge in [0, 0.05) is 24.1 Å². The van der Waals surface area contributed by atoms with E-state index in [1.807, 2.05) is 0 Å². The largest absolute Gasteiger partial charge is 0.379 e. The molecule has 2 heterocycles. The maximum Gasteiger partial charge on any atom is 0.255 e. The Balaban J connectivity index is 1.87. The van der Waals surface area contributed by atoms with E-state index in [1.165, 1.54) is 34.8 Å². The van der Waals surface area contributed by atoms with Crippen molar-refractivity contribution in [1.82, 2.24) is 4.98 Å². The first kappa shape index (κ1) is 20.5. The van der Waals surface area contributed by atoms with Gasteiger partial charge in [0.25, 0.3) is 5.91 Å². The summed E-state index contributed by atoms with van der Waals surface area (Å²) in [5.74, 6) is -0.952. The van der Waals surface area contributed by atoms with Crippen LogP contribution in [0.25, 0.3) is 0 Å². The number of carbonyl (C=O) groups excluding carboxylic acids is 1. The third-order valence-corrected chi connectivity index (χ3v) is 5.73. The van der Waals surface area contributed by atoms with Gasteiger partial charge in [0.15, 0.2) is 0 Å². The van der Waals surface area contributed by atoms with E-state index >= 15 is 0 Å². The summed E-state index contributed by atoms with van der Waals surface area (Å²) in [5.41, 5.74) is 0.520. The summed E-state index contributed by atoms with van der Waals surface area (Å²) < 4.78 is 44.6. The molecule has 0 aliphatic carbocycles. The molecule has 0 spiro atoms. The summed E-state index contributed by atoms with van der Waals surface area (Å²) in [6.45, 7) is 0.851. The Morgan fingerprint density at radius 3 is 2.79 bits per heavy atom. The van der Waals surface area contributed by atoms with E-state index in [1.54, 1.807) is 0 Å². The predicted molar refractivity (Wildman–Crippen MR) is 105 cm³/mol. The Hall–Kier alpha value is -2.23. The maximum absolute atomic E-state index is 13.3. The summed E-state index contributed by atoms with van der Waals surface area (Å²) in [6.07, 6.45) is 3.84. The molecule has 1 aliphatic rings.